The van der Waals surface area contributed by atoms with Gasteiger partial charge in [0.05, 0.1) is 24.4 Å². The maximum absolute atomic E-state index is 12.7. The van der Waals surface area contributed by atoms with E-state index in [0.29, 0.717) is 25.1 Å². The van der Waals surface area contributed by atoms with Crippen molar-refractivity contribution in [3.8, 4) is 0 Å². The first kappa shape index (κ1) is 15.3. The van der Waals surface area contributed by atoms with Crippen LogP contribution in [0.3, 0.4) is 0 Å². The summed E-state index contributed by atoms with van der Waals surface area (Å²) in [5.74, 6) is 0. The van der Waals surface area contributed by atoms with Crippen LogP contribution in [0, 0.1) is 0 Å². The first-order valence-corrected chi connectivity index (χ1v) is 6.65. The van der Waals surface area contributed by atoms with Crippen LogP contribution in [0.5, 0.6) is 0 Å². The monoisotopic (exact) mass is 289 g/mol. The van der Waals surface area contributed by atoms with Gasteiger partial charge in [-0.25, -0.2) is 0 Å². The molecule has 3 nitrogen and oxygen atoms in total. The second-order valence-electron chi connectivity index (χ2n) is 4.88. The van der Waals surface area contributed by atoms with Crippen molar-refractivity contribution in [2.45, 2.75) is 31.2 Å². The third kappa shape index (κ3) is 3.94. The van der Waals surface area contributed by atoms with E-state index in [2.05, 4.69) is 5.32 Å². The molecule has 1 heterocycles. The highest BCUT2D eigenvalue weighted by molar-refractivity contribution is 5.27. The van der Waals surface area contributed by atoms with E-state index in [1.165, 1.54) is 6.07 Å². The molecule has 112 valence electrons. The van der Waals surface area contributed by atoms with Crippen LogP contribution < -0.4 is 5.32 Å². The Balaban J connectivity index is 1.96. The lowest BCUT2D eigenvalue weighted by Gasteiger charge is -2.16. The summed E-state index contributed by atoms with van der Waals surface area (Å²) in [6.07, 6.45) is -3.10. The zero-order chi connectivity index (χ0) is 14.6. The maximum Gasteiger partial charge on any atom is 0.416 e. The van der Waals surface area contributed by atoms with Crippen LogP contribution in [0.4, 0.5) is 13.2 Å². The molecule has 0 saturated carbocycles. The molecule has 1 saturated heterocycles. The lowest BCUT2D eigenvalue weighted by atomic mass is 10.0. The molecule has 2 N–H and O–H groups in total. The van der Waals surface area contributed by atoms with Crippen molar-refractivity contribution in [3.63, 3.8) is 0 Å². The number of nitrogens with one attached hydrogen (secondary N) is 1. The second-order valence-corrected chi connectivity index (χ2v) is 4.88. The van der Waals surface area contributed by atoms with Crippen LogP contribution in [-0.2, 0) is 10.9 Å². The van der Waals surface area contributed by atoms with Crippen molar-refractivity contribution >= 4 is 0 Å². The molecule has 0 bridgehead atoms. The molecule has 1 fully saturated rings. The highest BCUT2D eigenvalue weighted by Crippen LogP contribution is 2.36. The summed E-state index contributed by atoms with van der Waals surface area (Å²) < 4.78 is 43.7. The fraction of sp³-hybridized carbons (Fsp3) is 0.571. The van der Waals surface area contributed by atoms with E-state index < -0.39 is 11.7 Å². The standard InChI is InChI=1S/C14H18F3NO2/c15-14(16,17)11-3-1-2-10(8-11)13-5-4-12(20-13)9-18-6-7-19/h1-3,8,12-13,18-19H,4-7,9H2/t12-,13+/m0/s1. The van der Waals surface area contributed by atoms with Crippen LogP contribution in [0.1, 0.15) is 30.1 Å². The van der Waals surface area contributed by atoms with E-state index in [1.54, 1.807) is 6.07 Å². The van der Waals surface area contributed by atoms with Gasteiger partial charge in [-0.05, 0) is 30.5 Å². The molecule has 1 aliphatic rings. The van der Waals surface area contributed by atoms with Crippen LogP contribution >= 0.6 is 0 Å². The molecular weight excluding hydrogens is 271 g/mol. The summed E-state index contributed by atoms with van der Waals surface area (Å²) in [7, 11) is 0. The molecule has 0 aromatic heterocycles. The third-order valence-corrected chi connectivity index (χ3v) is 3.35. The smallest absolute Gasteiger partial charge is 0.395 e. The number of benzene rings is 1. The Hall–Kier alpha value is -1.11. The number of aliphatic hydroxyl groups excluding tert-OH is 1. The summed E-state index contributed by atoms with van der Waals surface area (Å²) in [5, 5.41) is 11.7. The highest BCUT2D eigenvalue weighted by Gasteiger charge is 2.32. The summed E-state index contributed by atoms with van der Waals surface area (Å²) in [5.41, 5.74) is -0.0649. The predicted octanol–water partition coefficient (Wildman–Crippen LogP) is 2.51. The lowest BCUT2D eigenvalue weighted by molar-refractivity contribution is -0.137. The van der Waals surface area contributed by atoms with Gasteiger partial charge in [0, 0.05) is 13.1 Å². The van der Waals surface area contributed by atoms with Gasteiger partial charge >= 0.3 is 6.18 Å². The first-order chi connectivity index (χ1) is 9.50. The molecule has 0 unspecified atom stereocenters. The maximum atomic E-state index is 12.7. The number of halogens is 3. The number of rotatable bonds is 5. The van der Waals surface area contributed by atoms with Crippen LogP contribution in [-0.4, -0.2) is 30.9 Å². The molecule has 1 aromatic rings. The van der Waals surface area contributed by atoms with Gasteiger partial charge in [-0.1, -0.05) is 12.1 Å². The summed E-state index contributed by atoms with van der Waals surface area (Å²) >= 11 is 0. The SMILES string of the molecule is OCCNC[C@@H]1CC[C@H](c2cccc(C(F)(F)F)c2)O1. The van der Waals surface area contributed by atoms with Gasteiger partial charge in [0.2, 0.25) is 0 Å². The number of aliphatic hydroxyl groups is 1. The molecule has 1 aromatic carbocycles. The summed E-state index contributed by atoms with van der Waals surface area (Å²) in [4.78, 5) is 0. The summed E-state index contributed by atoms with van der Waals surface area (Å²) in [6, 6.07) is 5.31. The van der Waals surface area contributed by atoms with E-state index in [1.807, 2.05) is 0 Å². The Labute approximate surface area is 115 Å². The van der Waals surface area contributed by atoms with Gasteiger partial charge in [-0.2, -0.15) is 13.2 Å². The van der Waals surface area contributed by atoms with Crippen molar-refractivity contribution in [2.75, 3.05) is 19.7 Å². The molecule has 0 spiro atoms. The number of ether oxygens (including phenoxy) is 1. The Morgan fingerprint density at radius 1 is 1.30 bits per heavy atom. The topological polar surface area (TPSA) is 41.5 Å². The van der Waals surface area contributed by atoms with Crippen molar-refractivity contribution in [1.82, 2.24) is 5.32 Å². The van der Waals surface area contributed by atoms with Crippen LogP contribution in [0.2, 0.25) is 0 Å². The van der Waals surface area contributed by atoms with Crippen LogP contribution in [0.15, 0.2) is 24.3 Å². The molecule has 20 heavy (non-hydrogen) atoms. The molecule has 0 aliphatic carbocycles. The molecule has 0 amide bonds. The van der Waals surface area contributed by atoms with Gasteiger partial charge in [0.15, 0.2) is 0 Å². The third-order valence-electron chi connectivity index (χ3n) is 3.35. The second kappa shape index (κ2) is 6.56. The fourth-order valence-corrected chi connectivity index (χ4v) is 2.36. The van der Waals surface area contributed by atoms with Crippen molar-refractivity contribution in [2.24, 2.45) is 0 Å². The van der Waals surface area contributed by atoms with Gasteiger partial charge < -0.3 is 15.2 Å². The zero-order valence-corrected chi connectivity index (χ0v) is 11.0. The average Bonchev–Trinajstić information content (AvgIpc) is 2.87. The fourth-order valence-electron chi connectivity index (χ4n) is 2.36. The molecule has 0 radical (unpaired) electrons. The number of hydrogen-bond acceptors (Lipinski definition) is 3. The van der Waals surface area contributed by atoms with E-state index in [9.17, 15) is 13.2 Å². The Bertz CT molecular complexity index is 437. The molecule has 6 heteroatoms. The minimum atomic E-state index is -4.32. The first-order valence-electron chi connectivity index (χ1n) is 6.65. The predicted molar refractivity (Wildman–Crippen MR) is 68.2 cm³/mol. The zero-order valence-electron chi connectivity index (χ0n) is 11.0. The Morgan fingerprint density at radius 2 is 2.10 bits per heavy atom. The van der Waals surface area contributed by atoms with E-state index in [0.717, 1.165) is 18.6 Å². The highest BCUT2D eigenvalue weighted by atomic mass is 19.4. The lowest BCUT2D eigenvalue weighted by Crippen LogP contribution is -2.28. The minimum Gasteiger partial charge on any atom is -0.395 e. The quantitative estimate of drug-likeness (QED) is 0.818. The molecule has 2 atom stereocenters. The van der Waals surface area contributed by atoms with Crippen molar-refractivity contribution in [3.05, 3.63) is 35.4 Å². The van der Waals surface area contributed by atoms with Crippen LogP contribution in [0.25, 0.3) is 0 Å². The van der Waals surface area contributed by atoms with Gasteiger partial charge in [0.1, 0.15) is 0 Å². The number of hydrogen-bond donors (Lipinski definition) is 2. The molecule has 1 aliphatic heterocycles. The van der Waals surface area contributed by atoms with E-state index in [-0.39, 0.29) is 18.8 Å². The van der Waals surface area contributed by atoms with E-state index >= 15 is 0 Å². The van der Waals surface area contributed by atoms with Crippen molar-refractivity contribution < 1.29 is 23.0 Å². The average molecular weight is 289 g/mol. The van der Waals surface area contributed by atoms with Crippen molar-refractivity contribution in [1.29, 1.82) is 0 Å². The minimum absolute atomic E-state index is 0.0129. The Kier molecular flexibility index (Phi) is 5.01. The van der Waals surface area contributed by atoms with Gasteiger partial charge in [0.25, 0.3) is 0 Å². The van der Waals surface area contributed by atoms with E-state index in [4.69, 9.17) is 9.84 Å². The molecule has 2 rings (SSSR count). The largest absolute Gasteiger partial charge is 0.416 e. The molecular formula is C14H18F3NO2. The Morgan fingerprint density at radius 3 is 2.80 bits per heavy atom. The normalized spacial score (nSPS) is 23.2. The number of alkyl halides is 3. The van der Waals surface area contributed by atoms with Gasteiger partial charge in [-0.15, -0.1) is 0 Å². The van der Waals surface area contributed by atoms with Gasteiger partial charge in [-0.3, -0.25) is 0 Å². The summed E-state index contributed by atoms with van der Waals surface area (Å²) in [6.45, 7) is 1.16.